The van der Waals surface area contributed by atoms with Gasteiger partial charge in [0.1, 0.15) is 0 Å². The maximum absolute atomic E-state index is 10.3. The number of rotatable bonds is 5. The van der Waals surface area contributed by atoms with Gasteiger partial charge in [0.15, 0.2) is 0 Å². The molecule has 0 fully saturated rings. The monoisotopic (exact) mass is 282 g/mol. The van der Waals surface area contributed by atoms with E-state index in [1.165, 1.54) is 0 Å². The molecule has 1 unspecified atom stereocenters. The second-order valence-corrected chi connectivity index (χ2v) is 5.02. The van der Waals surface area contributed by atoms with Crippen LogP contribution in [0.2, 0.25) is 0 Å². The Labute approximate surface area is 123 Å². The van der Waals surface area contributed by atoms with Gasteiger partial charge in [0.25, 0.3) is 0 Å². The van der Waals surface area contributed by atoms with E-state index < -0.39 is 6.10 Å². The normalized spacial score (nSPS) is 12.5. The number of aliphatic hydroxyl groups excluding tert-OH is 1. The molecule has 3 rings (SSSR count). The molecule has 0 saturated heterocycles. The molecule has 3 aromatic rings. The van der Waals surface area contributed by atoms with E-state index in [4.69, 9.17) is 0 Å². The summed E-state index contributed by atoms with van der Waals surface area (Å²) < 4.78 is 3.61. The number of aromatic nitrogens is 4. The van der Waals surface area contributed by atoms with E-state index in [0.29, 0.717) is 12.1 Å². The summed E-state index contributed by atoms with van der Waals surface area (Å²) in [5.74, 6) is 0. The van der Waals surface area contributed by atoms with Crippen LogP contribution in [0.15, 0.2) is 54.9 Å². The van der Waals surface area contributed by atoms with Crippen molar-refractivity contribution in [3.8, 4) is 5.69 Å². The van der Waals surface area contributed by atoms with Crippen molar-refractivity contribution in [2.45, 2.75) is 18.9 Å². The largest absolute Gasteiger partial charge is 0.387 e. The summed E-state index contributed by atoms with van der Waals surface area (Å²) in [5.41, 5.74) is 2.79. The van der Waals surface area contributed by atoms with Gasteiger partial charge in [-0.3, -0.25) is 4.68 Å². The molecule has 5 heteroatoms. The standard InChI is InChI=1S/C16H18N4O/c1-19-13(9-11-17-19)7-8-16(21)15-10-12-20(18-15)14-5-3-2-4-6-14/h2-6,9-12,16,21H,7-8H2,1H3. The maximum Gasteiger partial charge on any atom is 0.0982 e. The number of benzene rings is 1. The third kappa shape index (κ3) is 3.03. The third-order valence-electron chi connectivity index (χ3n) is 3.57. The summed E-state index contributed by atoms with van der Waals surface area (Å²) in [6.07, 6.45) is 4.48. The van der Waals surface area contributed by atoms with Gasteiger partial charge in [0.05, 0.1) is 17.5 Å². The van der Waals surface area contributed by atoms with Crippen LogP contribution >= 0.6 is 0 Å². The Morgan fingerprint density at radius 3 is 2.67 bits per heavy atom. The number of hydrogen-bond acceptors (Lipinski definition) is 3. The summed E-state index contributed by atoms with van der Waals surface area (Å²) in [7, 11) is 1.91. The lowest BCUT2D eigenvalue weighted by Crippen LogP contribution is -2.05. The van der Waals surface area contributed by atoms with Crippen molar-refractivity contribution >= 4 is 0 Å². The highest BCUT2D eigenvalue weighted by atomic mass is 16.3. The molecule has 1 N–H and O–H groups in total. The van der Waals surface area contributed by atoms with Crippen molar-refractivity contribution in [3.63, 3.8) is 0 Å². The Kier molecular flexibility index (Phi) is 3.83. The van der Waals surface area contributed by atoms with E-state index in [0.717, 1.165) is 17.8 Å². The molecule has 0 aliphatic heterocycles. The van der Waals surface area contributed by atoms with E-state index in [2.05, 4.69) is 10.2 Å². The molecule has 21 heavy (non-hydrogen) atoms. The Balaban J connectivity index is 1.67. The topological polar surface area (TPSA) is 55.9 Å². The van der Waals surface area contributed by atoms with Crippen LogP contribution in [0.1, 0.15) is 23.9 Å². The lowest BCUT2D eigenvalue weighted by atomic mass is 10.1. The fourth-order valence-electron chi connectivity index (χ4n) is 2.32. The molecule has 2 heterocycles. The van der Waals surface area contributed by atoms with Crippen LogP contribution < -0.4 is 0 Å². The van der Waals surface area contributed by atoms with Gasteiger partial charge in [0.2, 0.25) is 0 Å². The molecule has 1 atom stereocenters. The van der Waals surface area contributed by atoms with Gasteiger partial charge in [0, 0.05) is 25.1 Å². The molecule has 0 spiro atoms. The van der Waals surface area contributed by atoms with Crippen LogP contribution in [-0.2, 0) is 13.5 Å². The second kappa shape index (κ2) is 5.93. The van der Waals surface area contributed by atoms with Gasteiger partial charge in [-0.05, 0) is 37.1 Å². The summed E-state index contributed by atoms with van der Waals surface area (Å²) in [6, 6.07) is 13.7. The second-order valence-electron chi connectivity index (χ2n) is 5.02. The fraction of sp³-hybridized carbons (Fsp3) is 0.250. The van der Waals surface area contributed by atoms with Gasteiger partial charge in [-0.1, -0.05) is 18.2 Å². The highest BCUT2D eigenvalue weighted by Crippen LogP contribution is 2.18. The van der Waals surface area contributed by atoms with Gasteiger partial charge < -0.3 is 5.11 Å². The molecule has 0 radical (unpaired) electrons. The zero-order valence-corrected chi connectivity index (χ0v) is 11.9. The Bertz CT molecular complexity index is 702. The van der Waals surface area contributed by atoms with Crippen molar-refractivity contribution in [1.29, 1.82) is 0 Å². The van der Waals surface area contributed by atoms with Crippen LogP contribution in [0.3, 0.4) is 0 Å². The minimum atomic E-state index is -0.565. The summed E-state index contributed by atoms with van der Waals surface area (Å²) in [6.45, 7) is 0. The molecule has 0 saturated carbocycles. The first kappa shape index (κ1) is 13.6. The predicted octanol–water partition coefficient (Wildman–Crippen LogP) is 2.27. The number of hydrogen-bond donors (Lipinski definition) is 1. The molecular weight excluding hydrogens is 264 g/mol. The highest BCUT2D eigenvalue weighted by molar-refractivity contribution is 5.30. The van der Waals surface area contributed by atoms with E-state index in [1.54, 1.807) is 10.9 Å². The number of aliphatic hydroxyl groups is 1. The predicted molar refractivity (Wildman–Crippen MR) is 80.1 cm³/mol. The summed E-state index contributed by atoms with van der Waals surface area (Å²) in [4.78, 5) is 0. The molecule has 108 valence electrons. The minimum absolute atomic E-state index is 0.565. The van der Waals surface area contributed by atoms with Gasteiger partial charge in [-0.2, -0.15) is 10.2 Å². The lowest BCUT2D eigenvalue weighted by molar-refractivity contribution is 0.162. The van der Waals surface area contributed by atoms with E-state index in [9.17, 15) is 5.11 Å². The molecule has 0 aliphatic rings. The summed E-state index contributed by atoms with van der Waals surface area (Å²) in [5, 5.41) is 18.8. The third-order valence-corrected chi connectivity index (χ3v) is 3.57. The Morgan fingerprint density at radius 1 is 1.14 bits per heavy atom. The highest BCUT2D eigenvalue weighted by Gasteiger charge is 2.12. The van der Waals surface area contributed by atoms with Gasteiger partial charge in [-0.25, -0.2) is 4.68 Å². The average Bonchev–Trinajstić information content (AvgIpc) is 3.15. The first-order chi connectivity index (χ1) is 10.2. The van der Waals surface area contributed by atoms with Crippen molar-refractivity contribution < 1.29 is 5.11 Å². The SMILES string of the molecule is Cn1nccc1CCC(O)c1ccn(-c2ccccc2)n1. The van der Waals surface area contributed by atoms with Crippen LogP contribution in [0, 0.1) is 0 Å². The fourth-order valence-corrected chi connectivity index (χ4v) is 2.32. The first-order valence-corrected chi connectivity index (χ1v) is 7.00. The lowest BCUT2D eigenvalue weighted by Gasteiger charge is -2.08. The Morgan fingerprint density at radius 2 is 1.95 bits per heavy atom. The molecule has 1 aromatic carbocycles. The molecule has 0 amide bonds. The Hall–Kier alpha value is -2.40. The molecule has 2 aromatic heterocycles. The van der Waals surface area contributed by atoms with Gasteiger partial charge >= 0.3 is 0 Å². The average molecular weight is 282 g/mol. The maximum atomic E-state index is 10.3. The number of nitrogens with zero attached hydrogens (tertiary/aromatic N) is 4. The van der Waals surface area contributed by atoms with Crippen molar-refractivity contribution in [2.75, 3.05) is 0 Å². The van der Waals surface area contributed by atoms with E-state index in [-0.39, 0.29) is 0 Å². The number of aryl methyl sites for hydroxylation is 2. The molecule has 5 nitrogen and oxygen atoms in total. The quantitative estimate of drug-likeness (QED) is 0.781. The smallest absolute Gasteiger partial charge is 0.0982 e. The zero-order chi connectivity index (χ0) is 14.7. The molecule has 0 aliphatic carbocycles. The van der Waals surface area contributed by atoms with Crippen molar-refractivity contribution in [2.24, 2.45) is 7.05 Å². The van der Waals surface area contributed by atoms with Crippen LogP contribution in [0.5, 0.6) is 0 Å². The van der Waals surface area contributed by atoms with Crippen LogP contribution in [-0.4, -0.2) is 24.7 Å². The molecule has 0 bridgehead atoms. The summed E-state index contributed by atoms with van der Waals surface area (Å²) >= 11 is 0. The van der Waals surface area contributed by atoms with E-state index in [1.807, 2.05) is 60.4 Å². The van der Waals surface area contributed by atoms with Crippen LogP contribution in [0.4, 0.5) is 0 Å². The van der Waals surface area contributed by atoms with Crippen LogP contribution in [0.25, 0.3) is 5.69 Å². The van der Waals surface area contributed by atoms with Crippen molar-refractivity contribution in [1.82, 2.24) is 19.6 Å². The zero-order valence-electron chi connectivity index (χ0n) is 11.9. The van der Waals surface area contributed by atoms with Crippen molar-refractivity contribution in [3.05, 3.63) is 66.2 Å². The minimum Gasteiger partial charge on any atom is -0.387 e. The van der Waals surface area contributed by atoms with Gasteiger partial charge in [-0.15, -0.1) is 0 Å². The van der Waals surface area contributed by atoms with E-state index >= 15 is 0 Å². The number of para-hydroxylation sites is 1. The first-order valence-electron chi connectivity index (χ1n) is 7.00. The molecular formula is C16H18N4O.